The Morgan fingerprint density at radius 3 is 2.70 bits per heavy atom. The molecule has 2 aromatic rings. The fraction of sp³-hybridized carbons (Fsp3) is 0.318. The maximum absolute atomic E-state index is 12.8. The van der Waals surface area contributed by atoms with Crippen molar-refractivity contribution in [3.8, 4) is 5.75 Å². The summed E-state index contributed by atoms with van der Waals surface area (Å²) in [7, 11) is 2.04. The van der Waals surface area contributed by atoms with Gasteiger partial charge in [-0.25, -0.2) is 8.78 Å². The summed E-state index contributed by atoms with van der Waals surface area (Å²) in [5.41, 5.74) is 0.855. The molecular formula is C22H26F2N2O4. The second kappa shape index (κ2) is 11.9. The molecule has 1 atom stereocenters. The highest BCUT2D eigenvalue weighted by molar-refractivity contribution is 5.94. The Morgan fingerprint density at radius 2 is 2.07 bits per heavy atom. The Hall–Kier alpha value is -2.97. The van der Waals surface area contributed by atoms with Crippen molar-refractivity contribution in [3.05, 3.63) is 78.1 Å². The third-order valence-corrected chi connectivity index (χ3v) is 4.33. The summed E-state index contributed by atoms with van der Waals surface area (Å²) in [5, 5.41) is 12.0. The molecule has 3 rings (SSSR count). The smallest absolute Gasteiger partial charge is 0.251 e. The van der Waals surface area contributed by atoms with Crippen LogP contribution in [0.2, 0.25) is 0 Å². The van der Waals surface area contributed by atoms with E-state index in [-0.39, 0.29) is 24.4 Å². The fourth-order valence-corrected chi connectivity index (χ4v) is 2.70. The standard InChI is InChI=1S/C13H18N2O3.C9H8F2O/c1-15-6-7-18-12(9-15)8-14-13(17)10-2-4-11(16)5-3-10;1-2-12-6-7-3-4-8(10)5-9(7)11/h2-5,12,16H,6-9H2,1H3,(H,14,17);2-5H,1,6H2. The van der Waals surface area contributed by atoms with Crippen LogP contribution >= 0.6 is 0 Å². The van der Waals surface area contributed by atoms with Gasteiger partial charge in [0.25, 0.3) is 5.91 Å². The minimum absolute atomic E-state index is 0.0461. The van der Waals surface area contributed by atoms with Crippen LogP contribution in [0.5, 0.6) is 5.75 Å². The van der Waals surface area contributed by atoms with Crippen LogP contribution in [0.1, 0.15) is 15.9 Å². The topological polar surface area (TPSA) is 71.0 Å². The van der Waals surface area contributed by atoms with E-state index in [0.29, 0.717) is 24.3 Å². The van der Waals surface area contributed by atoms with E-state index in [9.17, 15) is 13.6 Å². The molecule has 0 aliphatic carbocycles. The van der Waals surface area contributed by atoms with Gasteiger partial charge in [-0.15, -0.1) is 0 Å². The molecule has 8 heteroatoms. The molecule has 1 aliphatic heterocycles. The van der Waals surface area contributed by atoms with E-state index in [1.54, 1.807) is 12.1 Å². The number of carbonyl (C=O) groups is 1. The second-order valence-electron chi connectivity index (χ2n) is 6.73. The number of carbonyl (C=O) groups excluding carboxylic acids is 1. The van der Waals surface area contributed by atoms with Crippen molar-refractivity contribution in [1.82, 2.24) is 10.2 Å². The average Bonchev–Trinajstić information content (AvgIpc) is 2.72. The number of phenols is 1. The first kappa shape index (κ1) is 23.3. The molecule has 0 radical (unpaired) electrons. The van der Waals surface area contributed by atoms with Crippen LogP contribution < -0.4 is 5.32 Å². The molecular weight excluding hydrogens is 394 g/mol. The highest BCUT2D eigenvalue weighted by Crippen LogP contribution is 2.11. The van der Waals surface area contributed by atoms with E-state index >= 15 is 0 Å². The molecule has 1 fully saturated rings. The molecule has 0 saturated carbocycles. The molecule has 30 heavy (non-hydrogen) atoms. The molecule has 6 nitrogen and oxygen atoms in total. The first-order chi connectivity index (χ1) is 14.4. The summed E-state index contributed by atoms with van der Waals surface area (Å²) in [6, 6.07) is 9.54. The van der Waals surface area contributed by atoms with Gasteiger partial charge in [0.2, 0.25) is 0 Å². The molecule has 1 heterocycles. The summed E-state index contributed by atoms with van der Waals surface area (Å²) in [5.74, 6) is -1.18. The van der Waals surface area contributed by atoms with Crippen LogP contribution in [0.15, 0.2) is 55.3 Å². The third-order valence-electron chi connectivity index (χ3n) is 4.33. The van der Waals surface area contributed by atoms with Gasteiger partial charge in [-0.2, -0.15) is 0 Å². The van der Waals surface area contributed by atoms with E-state index in [4.69, 9.17) is 14.6 Å². The number of aromatic hydroxyl groups is 1. The highest BCUT2D eigenvalue weighted by Gasteiger charge is 2.18. The summed E-state index contributed by atoms with van der Waals surface area (Å²) in [4.78, 5) is 14.0. The lowest BCUT2D eigenvalue weighted by Crippen LogP contribution is -2.45. The lowest BCUT2D eigenvalue weighted by molar-refractivity contribution is -0.0175. The summed E-state index contributed by atoms with van der Waals surface area (Å²) >= 11 is 0. The predicted octanol–water partition coefficient (Wildman–Crippen LogP) is 3.08. The number of halogens is 2. The van der Waals surface area contributed by atoms with Gasteiger partial charge in [0, 0.05) is 36.8 Å². The number of amides is 1. The molecule has 2 N–H and O–H groups in total. The maximum Gasteiger partial charge on any atom is 0.251 e. The van der Waals surface area contributed by atoms with Gasteiger partial charge < -0.3 is 24.8 Å². The molecule has 162 valence electrons. The number of hydrogen-bond acceptors (Lipinski definition) is 5. The SMILES string of the molecule is C=COCc1ccc(F)cc1F.CN1CCOC(CNC(=O)c2ccc(O)cc2)C1. The lowest BCUT2D eigenvalue weighted by Gasteiger charge is -2.30. The number of rotatable bonds is 6. The summed E-state index contributed by atoms with van der Waals surface area (Å²) in [6.07, 6.45) is 1.26. The zero-order valence-corrected chi connectivity index (χ0v) is 16.8. The maximum atomic E-state index is 12.8. The minimum Gasteiger partial charge on any atom is -0.508 e. The van der Waals surface area contributed by atoms with Crippen LogP contribution in [-0.2, 0) is 16.1 Å². The van der Waals surface area contributed by atoms with E-state index in [2.05, 4.69) is 16.8 Å². The first-order valence-electron chi connectivity index (χ1n) is 9.43. The second-order valence-corrected chi connectivity index (χ2v) is 6.73. The molecule has 1 amide bonds. The van der Waals surface area contributed by atoms with E-state index in [1.165, 1.54) is 30.5 Å². The Balaban J connectivity index is 0.000000232. The van der Waals surface area contributed by atoms with Crippen molar-refractivity contribution in [1.29, 1.82) is 0 Å². The number of ether oxygens (including phenoxy) is 2. The Morgan fingerprint density at radius 1 is 1.33 bits per heavy atom. The summed E-state index contributed by atoms with van der Waals surface area (Å²) < 4.78 is 35.5. The minimum atomic E-state index is -0.600. The van der Waals surface area contributed by atoms with Gasteiger partial charge in [0.05, 0.1) is 19.0 Å². The Labute approximate surface area is 174 Å². The third kappa shape index (κ3) is 7.81. The predicted molar refractivity (Wildman–Crippen MR) is 109 cm³/mol. The molecule has 1 unspecified atom stereocenters. The van der Waals surface area contributed by atoms with Gasteiger partial charge in [0.1, 0.15) is 24.0 Å². The van der Waals surface area contributed by atoms with Crippen LogP contribution in [0.25, 0.3) is 0 Å². The fourth-order valence-electron chi connectivity index (χ4n) is 2.70. The van der Waals surface area contributed by atoms with Crippen molar-refractivity contribution < 1.29 is 28.2 Å². The monoisotopic (exact) mass is 420 g/mol. The van der Waals surface area contributed by atoms with Crippen molar-refractivity contribution in [3.63, 3.8) is 0 Å². The van der Waals surface area contributed by atoms with E-state index < -0.39 is 11.6 Å². The van der Waals surface area contributed by atoms with Crippen molar-refractivity contribution in [2.24, 2.45) is 0 Å². The number of hydrogen-bond donors (Lipinski definition) is 2. The van der Waals surface area contributed by atoms with Crippen LogP contribution in [-0.4, -0.2) is 55.3 Å². The molecule has 1 saturated heterocycles. The van der Waals surface area contributed by atoms with E-state index in [1.807, 2.05) is 7.05 Å². The molecule has 2 aromatic carbocycles. The molecule has 0 bridgehead atoms. The quantitative estimate of drug-likeness (QED) is 0.703. The summed E-state index contributed by atoms with van der Waals surface area (Å²) in [6.45, 7) is 6.35. The van der Waals surface area contributed by atoms with Crippen molar-refractivity contribution in [2.75, 3.05) is 33.3 Å². The zero-order valence-electron chi connectivity index (χ0n) is 16.8. The number of likely N-dealkylation sites (N-methyl/N-ethyl adjacent to an activating group) is 1. The number of morpholine rings is 1. The zero-order chi connectivity index (χ0) is 21.9. The van der Waals surface area contributed by atoms with E-state index in [0.717, 1.165) is 19.2 Å². The van der Waals surface area contributed by atoms with Crippen molar-refractivity contribution in [2.45, 2.75) is 12.7 Å². The van der Waals surface area contributed by atoms with Gasteiger partial charge in [0.15, 0.2) is 0 Å². The van der Waals surface area contributed by atoms with Gasteiger partial charge in [-0.05, 0) is 43.4 Å². The van der Waals surface area contributed by atoms with Crippen LogP contribution in [0.3, 0.4) is 0 Å². The molecule has 1 aliphatic rings. The number of benzene rings is 2. The first-order valence-corrected chi connectivity index (χ1v) is 9.43. The largest absolute Gasteiger partial charge is 0.508 e. The number of phenolic OH excluding ortho intramolecular Hbond substituents is 1. The average molecular weight is 420 g/mol. The number of nitrogens with one attached hydrogen (secondary N) is 1. The van der Waals surface area contributed by atoms with Crippen LogP contribution in [0, 0.1) is 11.6 Å². The van der Waals surface area contributed by atoms with Crippen LogP contribution in [0.4, 0.5) is 8.78 Å². The lowest BCUT2D eigenvalue weighted by atomic mass is 10.2. The normalized spacial score (nSPS) is 16.2. The molecule has 0 aromatic heterocycles. The van der Waals surface area contributed by atoms with Gasteiger partial charge >= 0.3 is 0 Å². The Bertz CT molecular complexity index is 830. The van der Waals surface area contributed by atoms with Gasteiger partial charge in [-0.1, -0.05) is 6.58 Å². The van der Waals surface area contributed by atoms with Gasteiger partial charge in [-0.3, -0.25) is 4.79 Å². The van der Waals surface area contributed by atoms with Crippen molar-refractivity contribution >= 4 is 5.91 Å². The number of nitrogens with zero attached hydrogens (tertiary/aromatic N) is 1. The molecule has 0 spiro atoms. The highest BCUT2D eigenvalue weighted by atomic mass is 19.1. The Kier molecular flexibility index (Phi) is 9.24.